The first kappa shape index (κ1) is 25.6. The van der Waals surface area contributed by atoms with Crippen molar-refractivity contribution >= 4 is 17.6 Å². The first-order chi connectivity index (χ1) is 17.5. The number of nitrogens with zero attached hydrogens (tertiary/aromatic N) is 3. The van der Waals surface area contributed by atoms with Gasteiger partial charge in [-0.3, -0.25) is 4.79 Å². The van der Waals surface area contributed by atoms with Gasteiger partial charge in [0.25, 0.3) is 11.8 Å². The standard InChI is InChI=1S/C27H34FN5O3/c1-4-33(5-2)17-18-10-12-19(13-11-18)30-27-32-31-26(36-27)22-15-14-20(16-24(22)35-3)29-25(34)21-8-6-7-9-23(21)28/h6-9,14-16,18-19H,4-5,10-13,17H2,1-3H3,(H,29,34)(H,30,32). The van der Waals surface area contributed by atoms with Crippen molar-refractivity contribution in [2.24, 2.45) is 5.92 Å². The van der Waals surface area contributed by atoms with Gasteiger partial charge in [-0.2, -0.15) is 0 Å². The maximum Gasteiger partial charge on any atom is 0.315 e. The van der Waals surface area contributed by atoms with Crippen molar-refractivity contribution in [3.63, 3.8) is 0 Å². The number of rotatable bonds is 10. The molecule has 0 saturated heterocycles. The van der Waals surface area contributed by atoms with Crippen molar-refractivity contribution in [1.82, 2.24) is 15.1 Å². The van der Waals surface area contributed by atoms with Crippen molar-refractivity contribution in [2.75, 3.05) is 37.4 Å². The van der Waals surface area contributed by atoms with Gasteiger partial charge in [0.15, 0.2) is 0 Å². The van der Waals surface area contributed by atoms with Crippen molar-refractivity contribution in [1.29, 1.82) is 0 Å². The second kappa shape index (κ2) is 12.0. The number of carbonyl (C=O) groups excluding carboxylic acids is 1. The lowest BCUT2D eigenvalue weighted by atomic mass is 9.85. The Hall–Kier alpha value is -3.46. The number of methoxy groups -OCH3 is 1. The highest BCUT2D eigenvalue weighted by Crippen LogP contribution is 2.33. The van der Waals surface area contributed by atoms with Gasteiger partial charge < -0.3 is 24.7 Å². The molecule has 3 aromatic rings. The zero-order valence-corrected chi connectivity index (χ0v) is 21.1. The lowest BCUT2D eigenvalue weighted by Crippen LogP contribution is -2.34. The number of hydrogen-bond acceptors (Lipinski definition) is 7. The summed E-state index contributed by atoms with van der Waals surface area (Å²) in [6, 6.07) is 11.6. The fourth-order valence-corrected chi connectivity index (χ4v) is 4.69. The van der Waals surface area contributed by atoms with Crippen LogP contribution in [-0.4, -0.2) is 53.8 Å². The number of aromatic nitrogens is 2. The molecule has 1 aromatic heterocycles. The van der Waals surface area contributed by atoms with Crippen LogP contribution in [-0.2, 0) is 0 Å². The van der Waals surface area contributed by atoms with Gasteiger partial charge in [0.05, 0.1) is 18.2 Å². The minimum atomic E-state index is -0.582. The van der Waals surface area contributed by atoms with E-state index in [0.717, 1.165) is 31.8 Å². The number of amides is 1. The molecule has 0 radical (unpaired) electrons. The fourth-order valence-electron chi connectivity index (χ4n) is 4.69. The molecule has 1 amide bonds. The zero-order chi connectivity index (χ0) is 25.5. The van der Waals surface area contributed by atoms with Crippen LogP contribution in [0.3, 0.4) is 0 Å². The van der Waals surface area contributed by atoms with E-state index in [1.807, 2.05) is 0 Å². The number of nitrogens with one attached hydrogen (secondary N) is 2. The van der Waals surface area contributed by atoms with E-state index in [4.69, 9.17) is 9.15 Å². The molecule has 0 bridgehead atoms. The molecule has 2 aromatic carbocycles. The maximum atomic E-state index is 13.9. The third-order valence-electron chi connectivity index (χ3n) is 6.82. The number of halogens is 1. The summed E-state index contributed by atoms with van der Waals surface area (Å²) in [4.78, 5) is 14.9. The fraction of sp³-hybridized carbons (Fsp3) is 0.444. The summed E-state index contributed by atoms with van der Waals surface area (Å²) >= 11 is 0. The Kier molecular flexibility index (Phi) is 8.53. The molecule has 9 heteroatoms. The van der Waals surface area contributed by atoms with Crippen LogP contribution in [0.2, 0.25) is 0 Å². The Morgan fingerprint density at radius 1 is 1.11 bits per heavy atom. The Morgan fingerprint density at radius 3 is 2.56 bits per heavy atom. The van der Waals surface area contributed by atoms with Gasteiger partial charge in [-0.25, -0.2) is 4.39 Å². The largest absolute Gasteiger partial charge is 0.496 e. The number of anilines is 2. The highest BCUT2D eigenvalue weighted by atomic mass is 19.1. The molecule has 1 saturated carbocycles. The van der Waals surface area contributed by atoms with Gasteiger partial charge in [-0.15, -0.1) is 5.10 Å². The summed E-state index contributed by atoms with van der Waals surface area (Å²) in [7, 11) is 1.52. The Labute approximate surface area is 211 Å². The summed E-state index contributed by atoms with van der Waals surface area (Å²) in [5.41, 5.74) is 1.03. The molecule has 1 heterocycles. The topological polar surface area (TPSA) is 92.5 Å². The van der Waals surface area contributed by atoms with Crippen LogP contribution in [0.5, 0.6) is 5.75 Å². The van der Waals surface area contributed by atoms with Gasteiger partial charge in [0, 0.05) is 24.3 Å². The van der Waals surface area contributed by atoms with Gasteiger partial charge >= 0.3 is 6.01 Å². The molecule has 1 aliphatic carbocycles. The van der Waals surface area contributed by atoms with E-state index in [1.165, 1.54) is 44.7 Å². The maximum absolute atomic E-state index is 13.9. The molecule has 0 atom stereocenters. The van der Waals surface area contributed by atoms with Gasteiger partial charge in [-0.1, -0.05) is 31.1 Å². The SMILES string of the molecule is CCN(CC)CC1CCC(Nc2nnc(-c3ccc(NC(=O)c4ccccc4F)cc3OC)o2)CC1. The van der Waals surface area contributed by atoms with E-state index in [0.29, 0.717) is 34.9 Å². The lowest BCUT2D eigenvalue weighted by Gasteiger charge is -2.31. The van der Waals surface area contributed by atoms with Crippen LogP contribution in [0.4, 0.5) is 16.1 Å². The second-order valence-corrected chi connectivity index (χ2v) is 9.11. The van der Waals surface area contributed by atoms with Crippen LogP contribution < -0.4 is 15.4 Å². The van der Waals surface area contributed by atoms with E-state index in [-0.39, 0.29) is 5.56 Å². The Bertz CT molecular complexity index is 1160. The zero-order valence-electron chi connectivity index (χ0n) is 21.1. The summed E-state index contributed by atoms with van der Waals surface area (Å²) in [6.07, 6.45) is 4.51. The molecule has 0 unspecified atom stereocenters. The van der Waals surface area contributed by atoms with Gasteiger partial charge in [0.1, 0.15) is 11.6 Å². The van der Waals surface area contributed by atoms with Gasteiger partial charge in [-0.05, 0) is 69.0 Å². The van der Waals surface area contributed by atoms with Crippen molar-refractivity contribution < 1.29 is 18.3 Å². The van der Waals surface area contributed by atoms with Crippen LogP contribution >= 0.6 is 0 Å². The van der Waals surface area contributed by atoms with Crippen molar-refractivity contribution in [3.05, 3.63) is 53.8 Å². The summed E-state index contributed by atoms with van der Waals surface area (Å²) in [6.45, 7) is 7.80. The second-order valence-electron chi connectivity index (χ2n) is 9.11. The van der Waals surface area contributed by atoms with Crippen LogP contribution in [0.1, 0.15) is 49.9 Å². The van der Waals surface area contributed by atoms with Crippen molar-refractivity contribution in [3.8, 4) is 17.2 Å². The molecule has 0 aliphatic heterocycles. The van der Waals surface area contributed by atoms with E-state index in [2.05, 4.69) is 39.6 Å². The molecule has 2 N–H and O–H groups in total. The number of benzene rings is 2. The number of carbonyl (C=O) groups is 1. The highest BCUT2D eigenvalue weighted by Gasteiger charge is 2.24. The van der Waals surface area contributed by atoms with E-state index in [9.17, 15) is 9.18 Å². The first-order valence-corrected chi connectivity index (χ1v) is 12.6. The number of hydrogen-bond donors (Lipinski definition) is 2. The summed E-state index contributed by atoms with van der Waals surface area (Å²) in [5, 5.41) is 14.4. The predicted octanol–water partition coefficient (Wildman–Crippen LogP) is 5.45. The van der Waals surface area contributed by atoms with Crippen LogP contribution in [0, 0.1) is 11.7 Å². The molecule has 192 valence electrons. The average Bonchev–Trinajstić information content (AvgIpc) is 3.36. The van der Waals surface area contributed by atoms with E-state index < -0.39 is 11.7 Å². The molecule has 0 spiro atoms. The number of ether oxygens (including phenoxy) is 1. The Balaban J connectivity index is 1.37. The van der Waals surface area contributed by atoms with Crippen LogP contribution in [0.15, 0.2) is 46.9 Å². The predicted molar refractivity (Wildman–Crippen MR) is 138 cm³/mol. The first-order valence-electron chi connectivity index (χ1n) is 12.6. The smallest absolute Gasteiger partial charge is 0.315 e. The summed E-state index contributed by atoms with van der Waals surface area (Å²) in [5.74, 6) is 0.383. The monoisotopic (exact) mass is 495 g/mol. The van der Waals surface area contributed by atoms with Crippen LogP contribution in [0.25, 0.3) is 11.5 Å². The lowest BCUT2D eigenvalue weighted by molar-refractivity contribution is 0.102. The third kappa shape index (κ3) is 6.20. The minimum absolute atomic E-state index is 0.0322. The van der Waals surface area contributed by atoms with Gasteiger partial charge in [0.2, 0.25) is 0 Å². The minimum Gasteiger partial charge on any atom is -0.496 e. The molecule has 1 aliphatic rings. The molecule has 1 fully saturated rings. The third-order valence-corrected chi connectivity index (χ3v) is 6.82. The molecule has 8 nitrogen and oxygen atoms in total. The van der Waals surface area contributed by atoms with Crippen molar-refractivity contribution in [2.45, 2.75) is 45.6 Å². The summed E-state index contributed by atoms with van der Waals surface area (Å²) < 4.78 is 25.3. The average molecular weight is 496 g/mol. The van der Waals surface area contributed by atoms with E-state index >= 15 is 0 Å². The highest BCUT2D eigenvalue weighted by molar-refractivity contribution is 6.04. The quantitative estimate of drug-likeness (QED) is 0.386. The molecular weight excluding hydrogens is 461 g/mol. The Morgan fingerprint density at radius 2 is 1.86 bits per heavy atom. The molecular formula is C27H34FN5O3. The van der Waals surface area contributed by atoms with E-state index in [1.54, 1.807) is 24.3 Å². The normalized spacial score (nSPS) is 17.7. The molecule has 36 heavy (non-hydrogen) atoms. The molecule has 4 rings (SSSR count).